The summed E-state index contributed by atoms with van der Waals surface area (Å²) in [6.45, 7) is 0. The van der Waals surface area contributed by atoms with Crippen LogP contribution in [0.4, 0.5) is 0 Å². The van der Waals surface area contributed by atoms with Crippen molar-refractivity contribution in [2.45, 2.75) is 21.9 Å². The highest BCUT2D eigenvalue weighted by molar-refractivity contribution is 7.99. The average molecular weight is 281 g/mol. The Labute approximate surface area is 115 Å². The van der Waals surface area contributed by atoms with Gasteiger partial charge < -0.3 is 0 Å². The van der Waals surface area contributed by atoms with Gasteiger partial charge in [-0.3, -0.25) is 0 Å². The molecule has 0 spiro atoms. The van der Waals surface area contributed by atoms with Crippen LogP contribution in [-0.2, 0) is 6.42 Å². The molecular formula is C11H11N3S3. The smallest absolute Gasteiger partial charge is 0.192 e. The van der Waals surface area contributed by atoms with Crippen LogP contribution in [0.3, 0.4) is 0 Å². The molecule has 0 atom stereocenters. The Bertz CT molecular complexity index is 470. The molecule has 0 amide bonds. The lowest BCUT2D eigenvalue weighted by Crippen LogP contribution is -1.95. The van der Waals surface area contributed by atoms with E-state index in [4.69, 9.17) is 0 Å². The molecule has 2 rings (SSSR count). The van der Waals surface area contributed by atoms with Crippen molar-refractivity contribution in [3.8, 4) is 0 Å². The van der Waals surface area contributed by atoms with E-state index in [2.05, 4.69) is 52.3 Å². The normalized spacial score (nSPS) is 10.5. The molecule has 0 aliphatic heterocycles. The number of hydrogen-bond donors (Lipinski definition) is 2. The first-order valence-electron chi connectivity index (χ1n) is 5.05. The van der Waals surface area contributed by atoms with Gasteiger partial charge in [0, 0.05) is 5.75 Å². The van der Waals surface area contributed by atoms with Crippen molar-refractivity contribution in [2.75, 3.05) is 5.75 Å². The number of aryl methyl sites for hydroxylation is 1. The highest BCUT2D eigenvalue weighted by atomic mass is 32.2. The molecule has 1 heterocycles. The fourth-order valence-electron chi connectivity index (χ4n) is 1.30. The quantitative estimate of drug-likeness (QED) is 0.668. The first kappa shape index (κ1) is 12.7. The highest BCUT2D eigenvalue weighted by Crippen LogP contribution is 2.16. The standard InChI is InChI=1S/C11H11N3S3/c15-9-12-10(16)14-11(13-9)17-7-6-8-4-2-1-3-5-8/h1-5H,6-7H2,(H2,12,13,14,15,16). The number of benzene rings is 1. The minimum Gasteiger partial charge on any atom is -0.197 e. The summed E-state index contributed by atoms with van der Waals surface area (Å²) in [6, 6.07) is 10.3. The zero-order valence-electron chi connectivity index (χ0n) is 8.95. The minimum absolute atomic E-state index is 0.409. The Balaban J connectivity index is 1.90. The van der Waals surface area contributed by atoms with E-state index in [-0.39, 0.29) is 0 Å². The molecule has 0 bridgehead atoms. The van der Waals surface area contributed by atoms with Crippen molar-refractivity contribution in [3.05, 3.63) is 35.9 Å². The van der Waals surface area contributed by atoms with Gasteiger partial charge >= 0.3 is 0 Å². The molecule has 6 heteroatoms. The molecule has 2 aromatic rings. The second-order valence-corrected chi connectivity index (χ2v) is 5.16. The van der Waals surface area contributed by atoms with Gasteiger partial charge in [-0.1, -0.05) is 42.1 Å². The van der Waals surface area contributed by atoms with Crippen LogP contribution in [0.25, 0.3) is 0 Å². The van der Waals surface area contributed by atoms with Crippen LogP contribution in [0.1, 0.15) is 5.56 Å². The van der Waals surface area contributed by atoms with Gasteiger partial charge in [0.25, 0.3) is 0 Å². The Morgan fingerprint density at radius 2 is 1.59 bits per heavy atom. The van der Waals surface area contributed by atoms with Crippen LogP contribution >= 0.6 is 37.0 Å². The minimum atomic E-state index is 0.409. The fourth-order valence-corrected chi connectivity index (χ4v) is 2.72. The topological polar surface area (TPSA) is 38.7 Å². The van der Waals surface area contributed by atoms with Crippen molar-refractivity contribution in [1.29, 1.82) is 0 Å². The van der Waals surface area contributed by atoms with Gasteiger partial charge in [0.05, 0.1) is 0 Å². The SMILES string of the molecule is Sc1nc(S)nc(SCCc2ccccc2)n1. The molecule has 0 radical (unpaired) electrons. The number of thiol groups is 2. The molecule has 0 saturated carbocycles. The van der Waals surface area contributed by atoms with E-state index in [0.717, 1.165) is 12.2 Å². The first-order chi connectivity index (χ1) is 8.24. The molecule has 0 saturated heterocycles. The monoisotopic (exact) mass is 281 g/mol. The van der Waals surface area contributed by atoms with Gasteiger partial charge in [0.1, 0.15) is 0 Å². The third-order valence-electron chi connectivity index (χ3n) is 2.06. The third kappa shape index (κ3) is 4.22. The van der Waals surface area contributed by atoms with Crippen molar-refractivity contribution < 1.29 is 0 Å². The Kier molecular flexibility index (Phi) is 4.70. The largest absolute Gasteiger partial charge is 0.197 e. The zero-order chi connectivity index (χ0) is 12.1. The Morgan fingerprint density at radius 3 is 2.24 bits per heavy atom. The maximum atomic E-state index is 4.12. The van der Waals surface area contributed by atoms with Crippen molar-refractivity contribution in [3.63, 3.8) is 0 Å². The van der Waals surface area contributed by atoms with E-state index in [0.29, 0.717) is 15.5 Å². The lowest BCUT2D eigenvalue weighted by molar-refractivity contribution is 0.722. The maximum Gasteiger partial charge on any atom is 0.192 e. The zero-order valence-corrected chi connectivity index (χ0v) is 11.6. The predicted octanol–water partition coefficient (Wildman–Crippen LogP) is 2.78. The van der Waals surface area contributed by atoms with Gasteiger partial charge in [-0.15, -0.1) is 25.3 Å². The van der Waals surface area contributed by atoms with E-state index in [9.17, 15) is 0 Å². The van der Waals surface area contributed by atoms with Crippen LogP contribution in [-0.4, -0.2) is 20.7 Å². The lowest BCUT2D eigenvalue weighted by atomic mass is 10.2. The van der Waals surface area contributed by atoms with E-state index in [1.807, 2.05) is 18.2 Å². The molecule has 0 aliphatic rings. The van der Waals surface area contributed by atoms with Gasteiger partial charge in [-0.25, -0.2) is 0 Å². The summed E-state index contributed by atoms with van der Waals surface area (Å²) in [7, 11) is 0. The van der Waals surface area contributed by atoms with Gasteiger partial charge in [0.15, 0.2) is 15.5 Å². The molecular weight excluding hydrogens is 270 g/mol. The molecule has 0 unspecified atom stereocenters. The third-order valence-corrected chi connectivity index (χ3v) is 3.31. The van der Waals surface area contributed by atoms with Crippen molar-refractivity contribution in [1.82, 2.24) is 15.0 Å². The van der Waals surface area contributed by atoms with Crippen molar-refractivity contribution in [2.24, 2.45) is 0 Å². The second kappa shape index (κ2) is 6.28. The summed E-state index contributed by atoms with van der Waals surface area (Å²) < 4.78 is 0. The van der Waals surface area contributed by atoms with E-state index in [1.165, 1.54) is 5.56 Å². The molecule has 1 aromatic carbocycles. The van der Waals surface area contributed by atoms with Crippen LogP contribution in [0, 0.1) is 0 Å². The highest BCUT2D eigenvalue weighted by Gasteiger charge is 2.02. The molecule has 0 aliphatic carbocycles. The Hall–Kier alpha value is -0.720. The van der Waals surface area contributed by atoms with Crippen LogP contribution < -0.4 is 0 Å². The number of hydrogen-bond acceptors (Lipinski definition) is 6. The summed E-state index contributed by atoms with van der Waals surface area (Å²) >= 11 is 9.77. The van der Waals surface area contributed by atoms with Crippen LogP contribution in [0.5, 0.6) is 0 Å². The summed E-state index contributed by atoms with van der Waals surface area (Å²) in [6.07, 6.45) is 0.987. The van der Waals surface area contributed by atoms with Gasteiger partial charge in [-0.2, -0.15) is 15.0 Å². The maximum absolute atomic E-state index is 4.12. The lowest BCUT2D eigenvalue weighted by Gasteiger charge is -2.02. The number of rotatable bonds is 4. The summed E-state index contributed by atoms with van der Waals surface area (Å²) in [4.78, 5) is 12.1. The van der Waals surface area contributed by atoms with Gasteiger partial charge in [-0.05, 0) is 12.0 Å². The summed E-state index contributed by atoms with van der Waals surface area (Å²) in [5.74, 6) is 0.925. The predicted molar refractivity (Wildman–Crippen MR) is 75.2 cm³/mol. The molecule has 3 nitrogen and oxygen atoms in total. The molecule has 88 valence electrons. The average Bonchev–Trinajstić information content (AvgIpc) is 2.29. The second-order valence-electron chi connectivity index (χ2n) is 3.30. The Morgan fingerprint density at radius 1 is 0.941 bits per heavy atom. The van der Waals surface area contributed by atoms with Crippen LogP contribution in [0.15, 0.2) is 45.8 Å². The number of thioether (sulfide) groups is 1. The number of aromatic nitrogens is 3. The molecule has 0 N–H and O–H groups in total. The molecule has 0 fully saturated rings. The van der Waals surface area contributed by atoms with Crippen molar-refractivity contribution >= 4 is 37.0 Å². The first-order valence-corrected chi connectivity index (χ1v) is 6.93. The van der Waals surface area contributed by atoms with E-state index >= 15 is 0 Å². The summed E-state index contributed by atoms with van der Waals surface area (Å²) in [5, 5.41) is 1.49. The number of nitrogens with zero attached hydrogens (tertiary/aromatic N) is 3. The molecule has 17 heavy (non-hydrogen) atoms. The van der Waals surface area contributed by atoms with Gasteiger partial charge in [0.2, 0.25) is 0 Å². The molecule has 1 aromatic heterocycles. The fraction of sp³-hybridized carbons (Fsp3) is 0.182. The van der Waals surface area contributed by atoms with E-state index in [1.54, 1.807) is 11.8 Å². The van der Waals surface area contributed by atoms with E-state index < -0.39 is 0 Å². The summed E-state index contributed by atoms with van der Waals surface area (Å²) in [5.41, 5.74) is 1.31. The van der Waals surface area contributed by atoms with Crippen LogP contribution in [0.2, 0.25) is 0 Å².